The maximum atomic E-state index is 2.50. The number of aryl methyl sites for hydroxylation is 2. The van der Waals surface area contributed by atoms with Crippen molar-refractivity contribution in [3.63, 3.8) is 0 Å². The first-order chi connectivity index (χ1) is 11.4. The zero-order chi connectivity index (χ0) is 17.4. The average Bonchev–Trinajstić information content (AvgIpc) is 3.11. The van der Waals surface area contributed by atoms with Crippen LogP contribution in [-0.4, -0.2) is 9.13 Å². The molecule has 0 aromatic carbocycles. The van der Waals surface area contributed by atoms with Crippen LogP contribution < -0.4 is 0 Å². The van der Waals surface area contributed by atoms with E-state index >= 15 is 0 Å². The van der Waals surface area contributed by atoms with E-state index in [0.717, 1.165) is 11.8 Å². The highest BCUT2D eigenvalue weighted by Gasteiger charge is 2.28. The molecule has 0 radical (unpaired) electrons. The van der Waals surface area contributed by atoms with Gasteiger partial charge in [-0.25, -0.2) is 0 Å². The van der Waals surface area contributed by atoms with Crippen molar-refractivity contribution in [2.75, 3.05) is 0 Å². The molecule has 0 unspecified atom stereocenters. The minimum absolute atomic E-state index is 0.562. The lowest BCUT2D eigenvalue weighted by Gasteiger charge is -2.31. The largest absolute Gasteiger partial charge is 0.348 e. The fourth-order valence-electron chi connectivity index (χ4n) is 4.51. The monoisotopic (exact) mass is 326 g/mol. The Labute approximate surface area is 147 Å². The standard InChI is InChI=1S/C22H34N2/c1-15(2)23-13-17(5)11-21(23)19-7-9-20(10-8-19)22-12-18(6)14-24(22)16(3)4/h11-16,19-20H,7-10H2,1-6H3. The van der Waals surface area contributed by atoms with E-state index in [2.05, 4.69) is 75.2 Å². The van der Waals surface area contributed by atoms with Crippen molar-refractivity contribution < 1.29 is 0 Å². The third-order valence-corrected chi connectivity index (χ3v) is 5.71. The lowest BCUT2D eigenvalue weighted by molar-refractivity contribution is 0.362. The topological polar surface area (TPSA) is 9.86 Å². The molecule has 2 heteroatoms. The number of nitrogens with zero attached hydrogens (tertiary/aromatic N) is 2. The summed E-state index contributed by atoms with van der Waals surface area (Å²) in [5.41, 5.74) is 5.95. The quantitative estimate of drug-likeness (QED) is 0.606. The summed E-state index contributed by atoms with van der Waals surface area (Å²) in [7, 11) is 0. The van der Waals surface area contributed by atoms with E-state index in [0.29, 0.717) is 12.1 Å². The Bertz CT molecular complexity index is 619. The van der Waals surface area contributed by atoms with Gasteiger partial charge in [-0.1, -0.05) is 0 Å². The van der Waals surface area contributed by atoms with Gasteiger partial charge in [0, 0.05) is 35.9 Å². The Morgan fingerprint density at radius 1 is 0.708 bits per heavy atom. The minimum atomic E-state index is 0.562. The van der Waals surface area contributed by atoms with Crippen LogP contribution in [0.4, 0.5) is 0 Å². The lowest BCUT2D eigenvalue weighted by atomic mass is 9.79. The zero-order valence-corrected chi connectivity index (χ0v) is 16.3. The van der Waals surface area contributed by atoms with Gasteiger partial charge in [-0.15, -0.1) is 0 Å². The zero-order valence-electron chi connectivity index (χ0n) is 16.3. The molecular formula is C22H34N2. The van der Waals surface area contributed by atoms with Crippen LogP contribution in [-0.2, 0) is 0 Å². The molecule has 132 valence electrons. The number of hydrogen-bond donors (Lipinski definition) is 0. The fourth-order valence-corrected chi connectivity index (χ4v) is 4.51. The maximum Gasteiger partial charge on any atom is 0.0277 e. The normalized spacial score (nSPS) is 21.8. The number of rotatable bonds is 4. The van der Waals surface area contributed by atoms with Crippen molar-refractivity contribution in [2.45, 2.75) is 91.1 Å². The van der Waals surface area contributed by atoms with E-state index in [1.165, 1.54) is 36.8 Å². The maximum absolute atomic E-state index is 2.50. The van der Waals surface area contributed by atoms with Crippen LogP contribution in [0.1, 0.15) is 99.8 Å². The van der Waals surface area contributed by atoms with Gasteiger partial charge >= 0.3 is 0 Å². The van der Waals surface area contributed by atoms with Gasteiger partial charge < -0.3 is 9.13 Å². The molecule has 2 aromatic heterocycles. The molecular weight excluding hydrogens is 292 g/mol. The Balaban J connectivity index is 1.75. The second-order valence-electron chi connectivity index (χ2n) is 8.44. The average molecular weight is 327 g/mol. The van der Waals surface area contributed by atoms with Crippen LogP contribution in [0.3, 0.4) is 0 Å². The molecule has 0 atom stereocenters. The van der Waals surface area contributed by atoms with Crippen LogP contribution in [0.5, 0.6) is 0 Å². The Hall–Kier alpha value is -1.44. The highest BCUT2D eigenvalue weighted by atomic mass is 15.0. The first kappa shape index (κ1) is 17.4. The van der Waals surface area contributed by atoms with E-state index in [1.54, 1.807) is 11.4 Å². The van der Waals surface area contributed by atoms with Gasteiger partial charge in [0.05, 0.1) is 0 Å². The molecule has 1 fully saturated rings. The van der Waals surface area contributed by atoms with Crippen LogP contribution in [0.25, 0.3) is 0 Å². The third-order valence-electron chi connectivity index (χ3n) is 5.71. The predicted octanol–water partition coefficient (Wildman–Crippen LogP) is 6.51. The lowest BCUT2D eigenvalue weighted by Crippen LogP contribution is -2.18. The van der Waals surface area contributed by atoms with Crippen molar-refractivity contribution >= 4 is 0 Å². The molecule has 2 nitrogen and oxygen atoms in total. The van der Waals surface area contributed by atoms with Gasteiger partial charge in [0.1, 0.15) is 0 Å². The molecule has 24 heavy (non-hydrogen) atoms. The van der Waals surface area contributed by atoms with Crippen molar-refractivity contribution in [3.05, 3.63) is 47.0 Å². The van der Waals surface area contributed by atoms with Gasteiger partial charge in [-0.2, -0.15) is 0 Å². The molecule has 0 spiro atoms. The predicted molar refractivity (Wildman–Crippen MR) is 103 cm³/mol. The Morgan fingerprint density at radius 2 is 1.04 bits per heavy atom. The van der Waals surface area contributed by atoms with E-state index in [9.17, 15) is 0 Å². The number of hydrogen-bond acceptors (Lipinski definition) is 0. The molecule has 1 aliphatic rings. The molecule has 0 amide bonds. The van der Waals surface area contributed by atoms with Crippen molar-refractivity contribution in [2.24, 2.45) is 0 Å². The van der Waals surface area contributed by atoms with Crippen LogP contribution >= 0.6 is 0 Å². The second kappa shape index (κ2) is 6.82. The molecule has 0 N–H and O–H groups in total. The summed E-state index contributed by atoms with van der Waals surface area (Å²) in [5.74, 6) is 1.47. The van der Waals surface area contributed by atoms with Gasteiger partial charge in [0.25, 0.3) is 0 Å². The minimum Gasteiger partial charge on any atom is -0.348 e. The summed E-state index contributed by atoms with van der Waals surface area (Å²) in [5, 5.41) is 0. The molecule has 1 aliphatic carbocycles. The first-order valence-corrected chi connectivity index (χ1v) is 9.73. The fraction of sp³-hybridized carbons (Fsp3) is 0.636. The first-order valence-electron chi connectivity index (χ1n) is 9.73. The summed E-state index contributed by atoms with van der Waals surface area (Å²) in [6.45, 7) is 13.7. The third kappa shape index (κ3) is 3.34. The number of aromatic nitrogens is 2. The van der Waals surface area contributed by atoms with E-state index < -0.39 is 0 Å². The van der Waals surface area contributed by atoms with Gasteiger partial charge in [0.2, 0.25) is 0 Å². The van der Waals surface area contributed by atoms with Crippen LogP contribution in [0.15, 0.2) is 24.5 Å². The van der Waals surface area contributed by atoms with Crippen molar-refractivity contribution in [3.8, 4) is 0 Å². The van der Waals surface area contributed by atoms with E-state index in [4.69, 9.17) is 0 Å². The van der Waals surface area contributed by atoms with Gasteiger partial charge in [-0.05, 0) is 102 Å². The Morgan fingerprint density at radius 3 is 1.33 bits per heavy atom. The van der Waals surface area contributed by atoms with Crippen LogP contribution in [0.2, 0.25) is 0 Å². The highest BCUT2D eigenvalue weighted by Crippen LogP contribution is 2.42. The molecule has 1 saturated carbocycles. The van der Waals surface area contributed by atoms with Gasteiger partial charge in [-0.3, -0.25) is 0 Å². The highest BCUT2D eigenvalue weighted by molar-refractivity contribution is 5.25. The molecule has 0 bridgehead atoms. The van der Waals surface area contributed by atoms with Gasteiger partial charge in [0.15, 0.2) is 0 Å². The molecule has 2 heterocycles. The SMILES string of the molecule is Cc1cc(C2CCC(c3cc(C)cn3C(C)C)CC2)n(C(C)C)c1. The second-order valence-corrected chi connectivity index (χ2v) is 8.44. The summed E-state index contributed by atoms with van der Waals surface area (Å²) < 4.78 is 5.00. The van der Waals surface area contributed by atoms with E-state index in [-0.39, 0.29) is 0 Å². The summed E-state index contributed by atoms with van der Waals surface area (Å²) in [6.07, 6.45) is 9.96. The van der Waals surface area contributed by atoms with E-state index in [1.807, 2.05) is 0 Å². The molecule has 2 aromatic rings. The van der Waals surface area contributed by atoms with Crippen molar-refractivity contribution in [1.29, 1.82) is 0 Å². The molecule has 0 saturated heterocycles. The molecule has 3 rings (SSSR count). The molecule has 0 aliphatic heterocycles. The summed E-state index contributed by atoms with van der Waals surface area (Å²) >= 11 is 0. The summed E-state index contributed by atoms with van der Waals surface area (Å²) in [6, 6.07) is 5.97. The van der Waals surface area contributed by atoms with Crippen LogP contribution in [0, 0.1) is 13.8 Å². The summed E-state index contributed by atoms with van der Waals surface area (Å²) in [4.78, 5) is 0. The smallest absolute Gasteiger partial charge is 0.0277 e. The van der Waals surface area contributed by atoms with Crippen molar-refractivity contribution in [1.82, 2.24) is 9.13 Å². The Kier molecular flexibility index (Phi) is 4.94.